The molecule has 0 saturated carbocycles. The number of benzene rings is 1. The first-order valence-corrected chi connectivity index (χ1v) is 10.4. The molecule has 3 heteroatoms. The molecule has 0 spiro atoms. The van der Waals surface area contributed by atoms with Crippen LogP contribution in [-0.2, 0) is 17.6 Å². The molecule has 0 unspecified atom stereocenters. The highest BCUT2D eigenvalue weighted by Gasteiger charge is 2.28. The lowest BCUT2D eigenvalue weighted by atomic mass is 9.86. The molecule has 1 heterocycles. The molecule has 0 aliphatic carbocycles. The summed E-state index contributed by atoms with van der Waals surface area (Å²) in [7, 11) is 0. The summed E-state index contributed by atoms with van der Waals surface area (Å²) < 4.78 is 5.37. The summed E-state index contributed by atoms with van der Waals surface area (Å²) in [5.74, 6) is 0.753. The number of unbranched alkanes of at least 4 members (excludes halogenated alkanes) is 2. The van der Waals surface area contributed by atoms with Gasteiger partial charge in [0.05, 0.1) is 13.2 Å². The van der Waals surface area contributed by atoms with Gasteiger partial charge in [0.1, 0.15) is 11.5 Å². The highest BCUT2D eigenvalue weighted by atomic mass is 16.5. The number of phenols is 2. The van der Waals surface area contributed by atoms with Gasteiger partial charge in [-0.15, -0.1) is 0 Å². The van der Waals surface area contributed by atoms with Crippen molar-refractivity contribution in [1.29, 1.82) is 0 Å². The number of aryl methyl sites for hydroxylation is 1. The monoisotopic (exact) mass is 372 g/mol. The molecule has 150 valence electrons. The van der Waals surface area contributed by atoms with Crippen molar-refractivity contribution in [3.63, 3.8) is 0 Å². The second kappa shape index (κ2) is 10.6. The first kappa shape index (κ1) is 21.6. The number of hydrogen-bond donors (Lipinski definition) is 2. The Balaban J connectivity index is 2.19. The van der Waals surface area contributed by atoms with Gasteiger partial charge in [0.2, 0.25) is 0 Å². The predicted molar refractivity (Wildman–Crippen MR) is 113 cm³/mol. The van der Waals surface area contributed by atoms with Crippen molar-refractivity contribution >= 4 is 0 Å². The summed E-state index contributed by atoms with van der Waals surface area (Å²) in [6, 6.07) is 1.88. The molecule has 27 heavy (non-hydrogen) atoms. The third kappa shape index (κ3) is 6.14. The van der Waals surface area contributed by atoms with Crippen LogP contribution >= 0.6 is 0 Å². The van der Waals surface area contributed by atoms with Gasteiger partial charge in [0.25, 0.3) is 0 Å². The fourth-order valence-electron chi connectivity index (χ4n) is 3.56. The Morgan fingerprint density at radius 1 is 1.15 bits per heavy atom. The molecule has 1 aromatic carbocycles. The van der Waals surface area contributed by atoms with Crippen LogP contribution < -0.4 is 0 Å². The summed E-state index contributed by atoms with van der Waals surface area (Å²) in [4.78, 5) is 0. The van der Waals surface area contributed by atoms with Crippen LogP contribution in [0.1, 0.15) is 82.4 Å². The molecule has 0 amide bonds. The summed E-state index contributed by atoms with van der Waals surface area (Å²) in [5.41, 5.74) is 5.36. The van der Waals surface area contributed by atoms with Crippen LogP contribution in [0.3, 0.4) is 0 Å². The van der Waals surface area contributed by atoms with Crippen molar-refractivity contribution in [3.8, 4) is 11.5 Å². The molecule has 2 N–H and O–H groups in total. The number of hydrogen-bond acceptors (Lipinski definition) is 3. The minimum absolute atomic E-state index is 0.219. The molecule has 1 aliphatic rings. The highest BCUT2D eigenvalue weighted by molar-refractivity contribution is 5.55. The van der Waals surface area contributed by atoms with Crippen LogP contribution in [-0.4, -0.2) is 23.4 Å². The average Bonchev–Trinajstić information content (AvgIpc) is 2.56. The number of aromatic hydroxyl groups is 2. The minimum Gasteiger partial charge on any atom is -0.508 e. The third-order valence-electron chi connectivity index (χ3n) is 5.35. The van der Waals surface area contributed by atoms with E-state index in [1.165, 1.54) is 11.1 Å². The molecule has 1 aliphatic heterocycles. The van der Waals surface area contributed by atoms with Gasteiger partial charge in [-0.2, -0.15) is 0 Å². The number of ether oxygens (including phenoxy) is 1. The van der Waals surface area contributed by atoms with E-state index in [1.807, 2.05) is 6.07 Å². The van der Waals surface area contributed by atoms with E-state index in [0.717, 1.165) is 49.7 Å². The van der Waals surface area contributed by atoms with E-state index >= 15 is 0 Å². The lowest BCUT2D eigenvalue weighted by molar-refractivity contribution is 0.00709. The van der Waals surface area contributed by atoms with Gasteiger partial charge in [0, 0.05) is 17.0 Å². The van der Waals surface area contributed by atoms with Crippen LogP contribution in [0.4, 0.5) is 0 Å². The Kier molecular flexibility index (Phi) is 8.43. The first-order chi connectivity index (χ1) is 12.9. The van der Waals surface area contributed by atoms with E-state index < -0.39 is 0 Å². The van der Waals surface area contributed by atoms with Crippen LogP contribution in [0, 0.1) is 0 Å². The molecular formula is C24H36O3. The quantitative estimate of drug-likeness (QED) is 0.381. The Bertz CT molecular complexity index is 677. The largest absolute Gasteiger partial charge is 0.508 e. The van der Waals surface area contributed by atoms with Crippen LogP contribution in [0.2, 0.25) is 0 Å². The molecule has 0 radical (unpaired) electrons. The Morgan fingerprint density at radius 2 is 1.89 bits per heavy atom. The summed E-state index contributed by atoms with van der Waals surface area (Å²) in [6.45, 7) is 9.86. The maximum atomic E-state index is 10.9. The van der Waals surface area contributed by atoms with Crippen molar-refractivity contribution < 1.29 is 14.9 Å². The second-order valence-corrected chi connectivity index (χ2v) is 8.06. The van der Waals surface area contributed by atoms with E-state index in [-0.39, 0.29) is 17.4 Å². The maximum Gasteiger partial charge on any atom is 0.126 e. The van der Waals surface area contributed by atoms with Gasteiger partial charge in [-0.25, -0.2) is 0 Å². The smallest absolute Gasteiger partial charge is 0.126 e. The second-order valence-electron chi connectivity index (χ2n) is 8.06. The molecule has 2 rings (SSSR count). The van der Waals surface area contributed by atoms with Crippen molar-refractivity contribution in [2.24, 2.45) is 0 Å². The van der Waals surface area contributed by atoms with Gasteiger partial charge in [-0.1, -0.05) is 43.1 Å². The molecule has 0 aromatic heterocycles. The number of allylic oxidation sites excluding steroid dienone is 4. The summed E-state index contributed by atoms with van der Waals surface area (Å²) in [5, 5.41) is 21.5. The zero-order valence-electron chi connectivity index (χ0n) is 17.5. The van der Waals surface area contributed by atoms with Gasteiger partial charge >= 0.3 is 0 Å². The van der Waals surface area contributed by atoms with E-state index in [1.54, 1.807) is 0 Å². The molecule has 1 fully saturated rings. The molecule has 0 atom stereocenters. The zero-order valence-corrected chi connectivity index (χ0v) is 17.5. The SMILES string of the molecule is CCCCCc1cc(O)c(CC=C(C)CCC=C(C)C)c(O)c1C1COC1. The van der Waals surface area contributed by atoms with Crippen LogP contribution in [0.25, 0.3) is 0 Å². The Labute approximate surface area is 164 Å². The van der Waals surface area contributed by atoms with Gasteiger partial charge in [-0.05, 0) is 64.5 Å². The van der Waals surface area contributed by atoms with Gasteiger partial charge < -0.3 is 14.9 Å². The topological polar surface area (TPSA) is 49.7 Å². The van der Waals surface area contributed by atoms with E-state index in [0.29, 0.717) is 25.2 Å². The van der Waals surface area contributed by atoms with Gasteiger partial charge in [-0.3, -0.25) is 0 Å². The van der Waals surface area contributed by atoms with Gasteiger partial charge in [0.15, 0.2) is 0 Å². The van der Waals surface area contributed by atoms with Crippen LogP contribution in [0.15, 0.2) is 29.4 Å². The lowest BCUT2D eigenvalue weighted by Gasteiger charge is -2.30. The van der Waals surface area contributed by atoms with E-state index in [4.69, 9.17) is 4.74 Å². The van der Waals surface area contributed by atoms with E-state index in [9.17, 15) is 10.2 Å². The molecule has 1 saturated heterocycles. The first-order valence-electron chi connectivity index (χ1n) is 10.4. The molecule has 0 bridgehead atoms. The fourth-order valence-corrected chi connectivity index (χ4v) is 3.56. The molecular weight excluding hydrogens is 336 g/mol. The highest BCUT2D eigenvalue weighted by Crippen LogP contribution is 2.41. The molecule has 1 aromatic rings. The zero-order chi connectivity index (χ0) is 19.8. The summed E-state index contributed by atoms with van der Waals surface area (Å²) >= 11 is 0. The predicted octanol–water partition coefficient (Wildman–Crippen LogP) is 6.18. The third-order valence-corrected chi connectivity index (χ3v) is 5.35. The fraction of sp³-hybridized carbons (Fsp3) is 0.583. The normalized spacial score (nSPS) is 14.9. The Morgan fingerprint density at radius 3 is 2.48 bits per heavy atom. The molecule has 3 nitrogen and oxygen atoms in total. The van der Waals surface area contributed by atoms with E-state index in [2.05, 4.69) is 39.8 Å². The van der Waals surface area contributed by atoms with Crippen molar-refractivity contribution in [2.45, 2.75) is 78.6 Å². The van der Waals surface area contributed by atoms with Crippen molar-refractivity contribution in [1.82, 2.24) is 0 Å². The number of phenolic OH excluding ortho intramolecular Hbond substituents is 2. The minimum atomic E-state index is 0.219. The number of rotatable bonds is 10. The average molecular weight is 373 g/mol. The standard InChI is InChI=1S/C24H36O3/c1-5-6-7-11-19-14-22(25)21(24(26)23(19)20-15-27-16-20)13-12-18(4)10-8-9-17(2)3/h9,12,14,20,25-26H,5-8,10-11,13,15-16H2,1-4H3. The van der Waals surface area contributed by atoms with Crippen LogP contribution in [0.5, 0.6) is 11.5 Å². The Hall–Kier alpha value is -1.74. The van der Waals surface area contributed by atoms with Crippen molar-refractivity contribution in [3.05, 3.63) is 46.1 Å². The maximum absolute atomic E-state index is 10.9. The lowest BCUT2D eigenvalue weighted by Crippen LogP contribution is -2.26. The summed E-state index contributed by atoms with van der Waals surface area (Å²) in [6.07, 6.45) is 11.3. The van der Waals surface area contributed by atoms with Crippen molar-refractivity contribution in [2.75, 3.05) is 13.2 Å².